The van der Waals surface area contributed by atoms with E-state index in [-0.39, 0.29) is 11.9 Å². The molecule has 2 aromatic heterocycles. The van der Waals surface area contributed by atoms with E-state index in [4.69, 9.17) is 0 Å². The number of hydrogen-bond donors (Lipinski definition) is 2. The van der Waals surface area contributed by atoms with Crippen molar-refractivity contribution in [2.24, 2.45) is 0 Å². The number of nitrogens with zero attached hydrogens (tertiary/aromatic N) is 3. The molecule has 3 aromatic rings. The molecule has 1 saturated heterocycles. The zero-order valence-corrected chi connectivity index (χ0v) is 13.9. The quantitative estimate of drug-likeness (QED) is 0.775. The number of carbonyl (C=O) groups is 1. The van der Waals surface area contributed by atoms with Crippen LogP contribution in [0.5, 0.6) is 0 Å². The van der Waals surface area contributed by atoms with Crippen LogP contribution in [0.1, 0.15) is 60.7 Å². The summed E-state index contributed by atoms with van der Waals surface area (Å²) in [6, 6.07) is 9.81. The summed E-state index contributed by atoms with van der Waals surface area (Å²) < 4.78 is 0. The fraction of sp³-hybridized carbons (Fsp3) is 0.389. The molecule has 2 N–H and O–H groups in total. The molecule has 1 aliphatic rings. The normalized spacial score (nSPS) is 18.0. The monoisotopic (exact) mass is 323 g/mol. The largest absolute Gasteiger partial charge is 0.340 e. The van der Waals surface area contributed by atoms with Crippen LogP contribution in [0.15, 0.2) is 30.3 Å². The Hall–Kier alpha value is -2.63. The summed E-state index contributed by atoms with van der Waals surface area (Å²) in [5.41, 5.74) is 3.42. The standard InChI is InChI=1S/C18H21N5O/c1-11(2)14-10-15(22-21-14)18(24)23-9-5-8-16(23)17-19-12-6-3-4-7-13(12)20-17/h3-4,6-7,10-11,16H,5,8-9H2,1-2H3,(H,19,20)(H,21,22). The van der Waals surface area contributed by atoms with Gasteiger partial charge in [-0.15, -0.1) is 0 Å². The Morgan fingerprint density at radius 2 is 2.17 bits per heavy atom. The molecule has 0 saturated carbocycles. The van der Waals surface area contributed by atoms with Gasteiger partial charge in [0.05, 0.1) is 17.1 Å². The molecular weight excluding hydrogens is 302 g/mol. The second-order valence-electron chi connectivity index (χ2n) is 6.66. The van der Waals surface area contributed by atoms with Gasteiger partial charge >= 0.3 is 0 Å². The van der Waals surface area contributed by atoms with Crippen molar-refractivity contribution in [1.29, 1.82) is 0 Å². The van der Waals surface area contributed by atoms with Crippen LogP contribution < -0.4 is 0 Å². The van der Waals surface area contributed by atoms with Gasteiger partial charge in [0.2, 0.25) is 0 Å². The highest BCUT2D eigenvalue weighted by Gasteiger charge is 2.33. The maximum atomic E-state index is 12.9. The highest BCUT2D eigenvalue weighted by atomic mass is 16.2. The topological polar surface area (TPSA) is 77.7 Å². The van der Waals surface area contributed by atoms with Gasteiger partial charge in [0.25, 0.3) is 5.91 Å². The predicted octanol–water partition coefficient (Wildman–Crippen LogP) is 3.39. The minimum absolute atomic E-state index is 0.0101. The number of hydrogen-bond acceptors (Lipinski definition) is 3. The minimum Gasteiger partial charge on any atom is -0.340 e. The molecular formula is C18H21N5O. The Kier molecular flexibility index (Phi) is 3.59. The second-order valence-corrected chi connectivity index (χ2v) is 6.66. The van der Waals surface area contributed by atoms with E-state index in [1.165, 1.54) is 0 Å². The van der Waals surface area contributed by atoms with Gasteiger partial charge in [-0.1, -0.05) is 26.0 Å². The van der Waals surface area contributed by atoms with Crippen LogP contribution in [-0.4, -0.2) is 37.5 Å². The van der Waals surface area contributed by atoms with E-state index < -0.39 is 0 Å². The molecule has 0 spiro atoms. The summed E-state index contributed by atoms with van der Waals surface area (Å²) >= 11 is 0. The molecule has 0 aliphatic carbocycles. The first kappa shape index (κ1) is 14.9. The van der Waals surface area contributed by atoms with E-state index >= 15 is 0 Å². The van der Waals surface area contributed by atoms with Crippen molar-refractivity contribution >= 4 is 16.9 Å². The molecule has 0 bridgehead atoms. The fourth-order valence-corrected chi connectivity index (χ4v) is 3.31. The smallest absolute Gasteiger partial charge is 0.274 e. The van der Waals surface area contributed by atoms with Crippen LogP contribution in [0, 0.1) is 0 Å². The Bertz CT molecular complexity index is 845. The second kappa shape index (κ2) is 5.78. The van der Waals surface area contributed by atoms with Gasteiger partial charge in [0.1, 0.15) is 11.5 Å². The molecule has 1 unspecified atom stereocenters. The van der Waals surface area contributed by atoms with Gasteiger partial charge in [-0.3, -0.25) is 9.89 Å². The van der Waals surface area contributed by atoms with Crippen molar-refractivity contribution in [2.75, 3.05) is 6.54 Å². The molecule has 1 aliphatic heterocycles. The number of imidazole rings is 1. The summed E-state index contributed by atoms with van der Waals surface area (Å²) in [4.78, 5) is 22.8. The lowest BCUT2D eigenvalue weighted by Gasteiger charge is -2.22. The number of H-pyrrole nitrogens is 2. The summed E-state index contributed by atoms with van der Waals surface area (Å²) in [7, 11) is 0. The number of benzene rings is 1. The van der Waals surface area contributed by atoms with E-state index in [2.05, 4.69) is 34.0 Å². The number of para-hydroxylation sites is 2. The third kappa shape index (κ3) is 2.48. The van der Waals surface area contributed by atoms with Gasteiger partial charge < -0.3 is 9.88 Å². The molecule has 24 heavy (non-hydrogen) atoms. The number of likely N-dealkylation sites (tertiary alicyclic amines) is 1. The molecule has 4 rings (SSSR count). The van der Waals surface area contributed by atoms with Crippen LogP contribution >= 0.6 is 0 Å². The Morgan fingerprint density at radius 1 is 1.33 bits per heavy atom. The third-order valence-corrected chi connectivity index (χ3v) is 4.68. The number of fused-ring (bicyclic) bond motifs is 1. The summed E-state index contributed by atoms with van der Waals surface area (Å²) in [5, 5.41) is 7.17. The molecule has 1 atom stereocenters. The van der Waals surface area contributed by atoms with Crippen molar-refractivity contribution < 1.29 is 4.79 Å². The van der Waals surface area contributed by atoms with Crippen LogP contribution in [0.4, 0.5) is 0 Å². The average molecular weight is 323 g/mol. The molecule has 1 amide bonds. The van der Waals surface area contributed by atoms with Gasteiger partial charge in [-0.05, 0) is 37.0 Å². The van der Waals surface area contributed by atoms with Crippen molar-refractivity contribution in [3.8, 4) is 0 Å². The Balaban J connectivity index is 1.62. The molecule has 1 aromatic carbocycles. The van der Waals surface area contributed by atoms with Crippen molar-refractivity contribution in [2.45, 2.75) is 38.6 Å². The van der Waals surface area contributed by atoms with Crippen LogP contribution in [0.25, 0.3) is 11.0 Å². The van der Waals surface area contributed by atoms with E-state index in [0.717, 1.165) is 41.9 Å². The van der Waals surface area contributed by atoms with E-state index in [9.17, 15) is 4.79 Å². The Morgan fingerprint density at radius 3 is 2.92 bits per heavy atom. The zero-order chi connectivity index (χ0) is 16.7. The number of carbonyl (C=O) groups excluding carboxylic acids is 1. The lowest BCUT2D eigenvalue weighted by atomic mass is 10.1. The number of aromatic amines is 2. The Labute approximate surface area is 140 Å². The predicted molar refractivity (Wildman–Crippen MR) is 91.8 cm³/mol. The molecule has 124 valence electrons. The zero-order valence-electron chi connectivity index (χ0n) is 13.9. The lowest BCUT2D eigenvalue weighted by Crippen LogP contribution is -2.31. The first-order chi connectivity index (χ1) is 11.6. The lowest BCUT2D eigenvalue weighted by molar-refractivity contribution is 0.0724. The first-order valence-electron chi connectivity index (χ1n) is 8.44. The van der Waals surface area contributed by atoms with Crippen LogP contribution in [0.3, 0.4) is 0 Å². The molecule has 3 heterocycles. The number of aromatic nitrogens is 4. The first-order valence-corrected chi connectivity index (χ1v) is 8.44. The number of amides is 1. The maximum absolute atomic E-state index is 12.9. The SMILES string of the molecule is CC(C)c1cc(C(=O)N2CCCC2c2nc3ccccc3[nH]2)n[nH]1. The van der Waals surface area contributed by atoms with E-state index in [1.54, 1.807) is 0 Å². The summed E-state index contributed by atoms with van der Waals surface area (Å²) in [6.07, 6.45) is 1.90. The van der Waals surface area contributed by atoms with Gasteiger partial charge in [-0.25, -0.2) is 4.98 Å². The molecule has 1 fully saturated rings. The van der Waals surface area contributed by atoms with E-state index in [1.807, 2.05) is 35.2 Å². The van der Waals surface area contributed by atoms with Gasteiger partial charge in [-0.2, -0.15) is 5.10 Å². The number of rotatable bonds is 3. The highest BCUT2D eigenvalue weighted by molar-refractivity contribution is 5.93. The maximum Gasteiger partial charge on any atom is 0.274 e. The third-order valence-electron chi connectivity index (χ3n) is 4.68. The van der Waals surface area contributed by atoms with Crippen molar-refractivity contribution in [3.05, 3.63) is 47.5 Å². The fourth-order valence-electron chi connectivity index (χ4n) is 3.31. The molecule has 6 nitrogen and oxygen atoms in total. The van der Waals surface area contributed by atoms with Crippen molar-refractivity contribution in [3.63, 3.8) is 0 Å². The van der Waals surface area contributed by atoms with Gasteiger partial charge in [0.15, 0.2) is 0 Å². The summed E-state index contributed by atoms with van der Waals surface area (Å²) in [6.45, 7) is 4.90. The van der Waals surface area contributed by atoms with Crippen LogP contribution in [0.2, 0.25) is 0 Å². The van der Waals surface area contributed by atoms with Crippen molar-refractivity contribution in [1.82, 2.24) is 25.1 Å². The molecule has 6 heteroatoms. The van der Waals surface area contributed by atoms with Gasteiger partial charge in [0, 0.05) is 12.2 Å². The van der Waals surface area contributed by atoms with Crippen LogP contribution in [-0.2, 0) is 0 Å². The highest BCUT2D eigenvalue weighted by Crippen LogP contribution is 2.32. The molecule has 0 radical (unpaired) electrons. The minimum atomic E-state index is -0.0268. The average Bonchev–Trinajstić information content (AvgIpc) is 3.30. The summed E-state index contributed by atoms with van der Waals surface area (Å²) in [5.74, 6) is 1.16. The number of nitrogens with one attached hydrogen (secondary N) is 2. The van der Waals surface area contributed by atoms with E-state index in [0.29, 0.717) is 11.6 Å².